The fourth-order valence-electron chi connectivity index (χ4n) is 0.258. The Morgan fingerprint density at radius 3 is 2.50 bits per heavy atom. The van der Waals surface area contributed by atoms with Crippen LogP contribution in [0.15, 0.2) is 23.4 Å². The largest absolute Gasteiger partial charge is 0.106 e. The van der Waals surface area contributed by atoms with E-state index in [0.717, 1.165) is 7.78 Å². The van der Waals surface area contributed by atoms with Crippen molar-refractivity contribution < 1.29 is 0 Å². The van der Waals surface area contributed by atoms with Crippen LogP contribution in [0.2, 0.25) is 0 Å². The molecule has 0 saturated carbocycles. The molecule has 0 aliphatic carbocycles. The smallest absolute Gasteiger partial charge is 0.0248 e. The first kappa shape index (κ1) is 4.42. The van der Waals surface area contributed by atoms with Crippen molar-refractivity contribution in [1.82, 2.24) is 0 Å². The summed E-state index contributed by atoms with van der Waals surface area (Å²) in [6.45, 7) is 0. The Morgan fingerprint density at radius 2 is 2.33 bits per heavy atom. The first-order valence-electron chi connectivity index (χ1n) is 1.73. The van der Waals surface area contributed by atoms with Crippen LogP contribution in [0.5, 0.6) is 0 Å². The minimum Gasteiger partial charge on any atom is -0.106 e. The van der Waals surface area contributed by atoms with Gasteiger partial charge in [-0.25, -0.2) is 0 Å². The van der Waals surface area contributed by atoms with Gasteiger partial charge in [0, 0.05) is 0 Å². The third-order valence-electron chi connectivity index (χ3n) is 0.490. The van der Waals surface area contributed by atoms with E-state index in [1.54, 1.807) is 0 Å². The van der Waals surface area contributed by atoms with E-state index in [9.17, 15) is 0 Å². The molecule has 1 atom stereocenters. The van der Waals surface area contributed by atoms with Gasteiger partial charge in [0.25, 0.3) is 0 Å². The van der Waals surface area contributed by atoms with Gasteiger partial charge < -0.3 is 0 Å². The Bertz CT molecular complexity index is 73.5. The molecule has 6 heavy (non-hydrogen) atoms. The normalized spacial score (nSPS) is 22.7. The predicted octanol–water partition coefficient (Wildman–Crippen LogP) is 2.35. The Labute approximate surface area is 43.2 Å². The molecule has 1 aliphatic rings. The minimum absolute atomic E-state index is 0.951. The van der Waals surface area contributed by atoms with Gasteiger partial charge in [-0.3, -0.25) is 0 Å². The molecule has 1 aliphatic heterocycles. The summed E-state index contributed by atoms with van der Waals surface area (Å²) in [5, 5.41) is 2.11. The first-order valence-corrected chi connectivity index (χ1v) is 4.41. The van der Waals surface area contributed by atoms with Crippen molar-refractivity contribution in [2.24, 2.45) is 0 Å². The molecule has 1 unspecified atom stereocenters. The first-order chi connectivity index (χ1) is 3.00. The van der Waals surface area contributed by atoms with E-state index >= 15 is 0 Å². The van der Waals surface area contributed by atoms with Crippen LogP contribution in [0.4, 0.5) is 0 Å². The van der Waals surface area contributed by atoms with Gasteiger partial charge >= 0.3 is 0 Å². The second kappa shape index (κ2) is 2.44. The SMILES string of the molecule is C1=CPSC=C1. The number of rotatable bonds is 0. The van der Waals surface area contributed by atoms with E-state index in [4.69, 9.17) is 0 Å². The second-order valence-electron chi connectivity index (χ2n) is 0.923. The highest BCUT2D eigenvalue weighted by molar-refractivity contribution is 8.52. The summed E-state index contributed by atoms with van der Waals surface area (Å²) in [5.74, 6) is 2.17. The maximum Gasteiger partial charge on any atom is -0.0248 e. The lowest BCUT2D eigenvalue weighted by Gasteiger charge is -1.88. The Kier molecular flexibility index (Phi) is 1.79. The molecule has 0 aromatic rings. The van der Waals surface area contributed by atoms with Crippen LogP contribution in [-0.4, -0.2) is 0 Å². The molecule has 2 heteroatoms. The zero-order chi connectivity index (χ0) is 4.24. The van der Waals surface area contributed by atoms with Crippen molar-refractivity contribution in [2.75, 3.05) is 0 Å². The number of hydrogen-bond donors (Lipinski definition) is 0. The monoisotopic (exact) mass is 116 g/mol. The molecule has 0 bridgehead atoms. The molecule has 0 fully saturated rings. The van der Waals surface area contributed by atoms with Crippen LogP contribution in [0.25, 0.3) is 0 Å². The Morgan fingerprint density at radius 1 is 1.33 bits per heavy atom. The molecule has 0 saturated heterocycles. The summed E-state index contributed by atoms with van der Waals surface area (Å²) in [4.78, 5) is 0. The number of allylic oxidation sites excluding steroid dienone is 2. The van der Waals surface area contributed by atoms with Crippen molar-refractivity contribution >= 4 is 19.2 Å². The highest BCUT2D eigenvalue weighted by atomic mass is 32.7. The third-order valence-corrected chi connectivity index (χ3v) is 2.47. The van der Waals surface area contributed by atoms with Crippen LogP contribution in [0.3, 0.4) is 0 Å². The molecule has 0 N–H and O–H groups in total. The highest BCUT2D eigenvalue weighted by Gasteiger charge is 1.77. The lowest BCUT2D eigenvalue weighted by atomic mass is 10.6. The summed E-state index contributed by atoms with van der Waals surface area (Å²) in [6.07, 6.45) is 4.14. The number of hydrogen-bond acceptors (Lipinski definition) is 1. The van der Waals surface area contributed by atoms with E-state index < -0.39 is 0 Å². The molecule has 0 aromatic carbocycles. The van der Waals surface area contributed by atoms with Gasteiger partial charge in [0.05, 0.1) is 0 Å². The second-order valence-corrected chi connectivity index (χ2v) is 3.41. The van der Waals surface area contributed by atoms with E-state index in [-0.39, 0.29) is 0 Å². The van der Waals surface area contributed by atoms with Gasteiger partial charge in [0.1, 0.15) is 0 Å². The highest BCUT2D eigenvalue weighted by Crippen LogP contribution is 2.33. The van der Waals surface area contributed by atoms with Gasteiger partial charge in [-0.1, -0.05) is 18.0 Å². The van der Waals surface area contributed by atoms with Crippen molar-refractivity contribution in [3.8, 4) is 0 Å². The van der Waals surface area contributed by atoms with Gasteiger partial charge in [0.2, 0.25) is 0 Å². The summed E-state index contributed by atoms with van der Waals surface area (Å²) < 4.78 is 0. The molecule has 1 heterocycles. The molecule has 1 rings (SSSR count). The van der Waals surface area contributed by atoms with E-state index in [2.05, 4.69) is 23.4 Å². The van der Waals surface area contributed by atoms with E-state index in [1.165, 1.54) is 0 Å². The topological polar surface area (TPSA) is 0 Å². The van der Waals surface area contributed by atoms with Crippen molar-refractivity contribution in [3.05, 3.63) is 23.4 Å². The summed E-state index contributed by atoms with van der Waals surface area (Å²) >= 11 is 1.86. The Balaban J connectivity index is 2.46. The van der Waals surface area contributed by atoms with Gasteiger partial charge in [-0.05, 0) is 13.2 Å². The Hall–Kier alpha value is 0.260. The molecule has 0 spiro atoms. The zero-order valence-corrected chi connectivity index (χ0v) is 5.03. The molecular formula is C4H5PS. The van der Waals surface area contributed by atoms with Crippen LogP contribution in [0, 0.1) is 0 Å². The average Bonchev–Trinajstić information content (AvgIpc) is 1.72. The van der Waals surface area contributed by atoms with Crippen LogP contribution < -0.4 is 0 Å². The molecule has 0 radical (unpaired) electrons. The molecule has 0 amide bonds. The van der Waals surface area contributed by atoms with Crippen molar-refractivity contribution in [1.29, 1.82) is 0 Å². The standard InChI is InChI=1S/C4H5PS/c1-2-4-6-5-3-1/h1-5H. The van der Waals surface area contributed by atoms with Gasteiger partial charge in [0.15, 0.2) is 0 Å². The summed E-state index contributed by atoms with van der Waals surface area (Å²) in [6, 6.07) is 0. The van der Waals surface area contributed by atoms with Crippen molar-refractivity contribution in [2.45, 2.75) is 0 Å². The van der Waals surface area contributed by atoms with Gasteiger partial charge in [-0.15, -0.1) is 11.4 Å². The summed E-state index contributed by atoms with van der Waals surface area (Å²) in [7, 11) is 0.951. The fourth-order valence-corrected chi connectivity index (χ4v) is 1.72. The lowest BCUT2D eigenvalue weighted by Crippen LogP contribution is -1.47. The third kappa shape index (κ3) is 1.16. The maximum atomic E-state index is 2.17. The van der Waals surface area contributed by atoms with Crippen molar-refractivity contribution in [3.63, 3.8) is 0 Å². The van der Waals surface area contributed by atoms with Crippen LogP contribution in [0.1, 0.15) is 0 Å². The lowest BCUT2D eigenvalue weighted by molar-refractivity contribution is 2.09. The zero-order valence-electron chi connectivity index (χ0n) is 3.22. The molecule has 32 valence electrons. The average molecular weight is 116 g/mol. The predicted molar refractivity (Wildman–Crippen MR) is 34.2 cm³/mol. The fraction of sp³-hybridized carbons (Fsp3) is 0. The van der Waals surface area contributed by atoms with Gasteiger partial charge in [-0.2, -0.15) is 0 Å². The summed E-state index contributed by atoms with van der Waals surface area (Å²) in [5.41, 5.74) is 0. The molecular weight excluding hydrogens is 111 g/mol. The quantitative estimate of drug-likeness (QED) is 0.438. The minimum atomic E-state index is 0.951. The van der Waals surface area contributed by atoms with Crippen LogP contribution in [-0.2, 0) is 0 Å². The van der Waals surface area contributed by atoms with E-state index in [0.29, 0.717) is 0 Å². The molecule has 0 aromatic heterocycles. The maximum absolute atomic E-state index is 2.17. The van der Waals surface area contributed by atoms with Crippen LogP contribution >= 0.6 is 19.2 Å². The molecule has 0 nitrogen and oxygen atoms in total. The van der Waals surface area contributed by atoms with E-state index in [1.807, 2.05) is 11.4 Å².